The smallest absolute Gasteiger partial charge is 0.341 e. The first-order valence-corrected chi connectivity index (χ1v) is 10.1. The molecule has 2 fully saturated rings. The number of piperidine rings is 1. The van der Waals surface area contributed by atoms with E-state index in [-0.39, 0.29) is 4.90 Å². The number of halogens is 2. The minimum absolute atomic E-state index is 0.252. The lowest BCUT2D eigenvalue weighted by Crippen LogP contribution is -2.38. The van der Waals surface area contributed by atoms with Crippen molar-refractivity contribution >= 4 is 15.5 Å². The molecular weight excluding hydrogens is 334 g/mol. The number of likely N-dealkylation sites (tertiary alicyclic amines) is 1. The third kappa shape index (κ3) is 3.72. The Kier molecular flexibility index (Phi) is 5.39. The van der Waals surface area contributed by atoms with Crippen molar-refractivity contribution in [1.29, 1.82) is 0 Å². The normalized spacial score (nSPS) is 20.9. The summed E-state index contributed by atoms with van der Waals surface area (Å²) in [4.78, 5) is 4.18. The van der Waals surface area contributed by atoms with Gasteiger partial charge in [-0.3, -0.25) is 0 Å². The molecule has 3 rings (SSSR count). The molecule has 0 N–H and O–H groups in total. The zero-order valence-corrected chi connectivity index (χ0v) is 14.5. The molecule has 4 nitrogen and oxygen atoms in total. The fourth-order valence-corrected chi connectivity index (χ4v) is 4.69. The summed E-state index contributed by atoms with van der Waals surface area (Å²) in [6.45, 7) is 4.89. The monoisotopic (exact) mass is 358 g/mol. The summed E-state index contributed by atoms with van der Waals surface area (Å²) in [6, 6.07) is 6.12. The van der Waals surface area contributed by atoms with Crippen LogP contribution in [0.25, 0.3) is 0 Å². The van der Waals surface area contributed by atoms with E-state index in [0.29, 0.717) is 24.7 Å². The summed E-state index contributed by atoms with van der Waals surface area (Å²) in [6.07, 6.45) is 4.49. The van der Waals surface area contributed by atoms with E-state index in [4.69, 9.17) is 0 Å². The lowest BCUT2D eigenvalue weighted by molar-refractivity contribution is 0.234. The molecule has 0 saturated carbocycles. The van der Waals surface area contributed by atoms with Crippen LogP contribution in [0, 0.1) is 5.92 Å². The van der Waals surface area contributed by atoms with Crippen molar-refractivity contribution in [3.8, 4) is 0 Å². The van der Waals surface area contributed by atoms with Crippen molar-refractivity contribution in [2.24, 2.45) is 5.92 Å². The van der Waals surface area contributed by atoms with E-state index in [1.807, 2.05) is 4.90 Å². The molecule has 134 valence electrons. The van der Waals surface area contributed by atoms with E-state index in [2.05, 4.69) is 4.90 Å². The second kappa shape index (κ2) is 7.35. The van der Waals surface area contributed by atoms with Crippen molar-refractivity contribution < 1.29 is 17.2 Å². The SMILES string of the molecule is O=S(=O)(c1ccccc1N1CCC(CN2CCCC2)CC1)C(F)F. The van der Waals surface area contributed by atoms with Gasteiger partial charge in [-0.1, -0.05) is 12.1 Å². The quantitative estimate of drug-likeness (QED) is 0.811. The number of nitrogens with zero attached hydrogens (tertiary/aromatic N) is 2. The molecule has 0 unspecified atom stereocenters. The molecule has 2 aliphatic rings. The lowest BCUT2D eigenvalue weighted by atomic mass is 9.96. The summed E-state index contributed by atoms with van der Waals surface area (Å²) < 4.78 is 49.7. The van der Waals surface area contributed by atoms with E-state index >= 15 is 0 Å². The van der Waals surface area contributed by atoms with E-state index in [0.717, 1.165) is 19.4 Å². The molecule has 0 aliphatic carbocycles. The molecule has 24 heavy (non-hydrogen) atoms. The predicted octanol–water partition coefficient (Wildman–Crippen LogP) is 3.00. The van der Waals surface area contributed by atoms with Gasteiger partial charge in [0.2, 0.25) is 9.84 Å². The van der Waals surface area contributed by atoms with Gasteiger partial charge in [0, 0.05) is 19.6 Å². The van der Waals surface area contributed by atoms with Gasteiger partial charge < -0.3 is 9.80 Å². The fourth-order valence-electron chi connectivity index (χ4n) is 3.74. The first-order chi connectivity index (χ1) is 11.5. The second-order valence-electron chi connectivity index (χ2n) is 6.71. The van der Waals surface area contributed by atoms with Crippen LogP contribution in [-0.4, -0.2) is 51.8 Å². The van der Waals surface area contributed by atoms with Gasteiger partial charge in [-0.25, -0.2) is 8.42 Å². The van der Waals surface area contributed by atoms with Crippen LogP contribution >= 0.6 is 0 Å². The minimum atomic E-state index is -4.57. The Balaban J connectivity index is 1.68. The van der Waals surface area contributed by atoms with Crippen molar-refractivity contribution in [1.82, 2.24) is 4.90 Å². The van der Waals surface area contributed by atoms with Gasteiger partial charge in [0.25, 0.3) is 0 Å². The highest BCUT2D eigenvalue weighted by atomic mass is 32.2. The maximum absolute atomic E-state index is 12.9. The van der Waals surface area contributed by atoms with E-state index in [1.165, 1.54) is 38.1 Å². The van der Waals surface area contributed by atoms with Crippen LogP contribution < -0.4 is 4.90 Å². The summed E-state index contributed by atoms with van der Waals surface area (Å²) in [7, 11) is -4.57. The fraction of sp³-hybridized carbons (Fsp3) is 0.647. The molecule has 2 aliphatic heterocycles. The van der Waals surface area contributed by atoms with Crippen molar-refractivity contribution in [3.05, 3.63) is 24.3 Å². The van der Waals surface area contributed by atoms with Crippen LogP contribution in [0.15, 0.2) is 29.2 Å². The van der Waals surface area contributed by atoms with Crippen LogP contribution in [-0.2, 0) is 9.84 Å². The molecule has 0 bridgehead atoms. The first kappa shape index (κ1) is 17.6. The van der Waals surface area contributed by atoms with Crippen molar-refractivity contribution in [3.63, 3.8) is 0 Å². The van der Waals surface area contributed by atoms with Gasteiger partial charge in [-0.15, -0.1) is 0 Å². The van der Waals surface area contributed by atoms with Crippen LogP contribution in [0.4, 0.5) is 14.5 Å². The highest BCUT2D eigenvalue weighted by Gasteiger charge is 2.32. The Morgan fingerprint density at radius 1 is 1.04 bits per heavy atom. The van der Waals surface area contributed by atoms with E-state index in [1.54, 1.807) is 12.1 Å². The number of hydrogen-bond acceptors (Lipinski definition) is 4. The van der Waals surface area contributed by atoms with Gasteiger partial charge in [0.15, 0.2) is 0 Å². The summed E-state index contributed by atoms with van der Waals surface area (Å²) in [5.74, 6) is -2.77. The Bertz CT molecular complexity index is 652. The molecule has 0 amide bonds. The van der Waals surface area contributed by atoms with Crippen LogP contribution in [0.2, 0.25) is 0 Å². The topological polar surface area (TPSA) is 40.6 Å². The van der Waals surface area contributed by atoms with Crippen LogP contribution in [0.1, 0.15) is 25.7 Å². The van der Waals surface area contributed by atoms with Gasteiger partial charge >= 0.3 is 5.76 Å². The zero-order chi connectivity index (χ0) is 17.2. The third-order valence-corrected chi connectivity index (χ3v) is 6.50. The first-order valence-electron chi connectivity index (χ1n) is 8.57. The Morgan fingerprint density at radius 2 is 1.67 bits per heavy atom. The predicted molar refractivity (Wildman–Crippen MR) is 90.2 cm³/mol. The standard InChI is InChI=1S/C17H24F2N2O2S/c18-17(19)24(22,23)16-6-2-1-5-15(16)21-11-7-14(8-12-21)13-20-9-3-4-10-20/h1-2,5-6,14,17H,3-4,7-13H2. The Morgan fingerprint density at radius 3 is 2.29 bits per heavy atom. The van der Waals surface area contributed by atoms with Gasteiger partial charge in [-0.2, -0.15) is 8.78 Å². The van der Waals surface area contributed by atoms with Gasteiger partial charge in [0.1, 0.15) is 0 Å². The summed E-state index contributed by atoms with van der Waals surface area (Å²) in [5, 5.41) is 0. The largest absolute Gasteiger partial charge is 0.370 e. The van der Waals surface area contributed by atoms with Crippen molar-refractivity contribution in [2.75, 3.05) is 37.6 Å². The maximum Gasteiger partial charge on any atom is 0.341 e. The molecule has 2 saturated heterocycles. The molecular formula is C17H24F2N2O2S. The summed E-state index contributed by atoms with van der Waals surface area (Å²) >= 11 is 0. The number of rotatable bonds is 5. The number of hydrogen-bond donors (Lipinski definition) is 0. The number of sulfone groups is 1. The van der Waals surface area contributed by atoms with Crippen LogP contribution in [0.3, 0.4) is 0 Å². The zero-order valence-electron chi connectivity index (χ0n) is 13.7. The average Bonchev–Trinajstić information content (AvgIpc) is 3.08. The minimum Gasteiger partial charge on any atom is -0.370 e. The number of alkyl halides is 2. The molecule has 0 radical (unpaired) electrons. The second-order valence-corrected chi connectivity index (χ2v) is 8.60. The molecule has 7 heteroatoms. The maximum atomic E-state index is 12.9. The molecule has 0 aromatic heterocycles. The summed E-state index contributed by atoms with van der Waals surface area (Å²) in [5.41, 5.74) is 0.414. The molecule has 0 spiro atoms. The Labute approximate surface area is 142 Å². The van der Waals surface area contributed by atoms with Gasteiger partial charge in [-0.05, 0) is 56.8 Å². The van der Waals surface area contributed by atoms with Gasteiger partial charge in [0.05, 0.1) is 10.6 Å². The highest BCUT2D eigenvalue weighted by molar-refractivity contribution is 7.91. The number of para-hydroxylation sites is 1. The van der Waals surface area contributed by atoms with Crippen molar-refractivity contribution in [2.45, 2.75) is 36.3 Å². The Hall–Kier alpha value is -1.21. The molecule has 1 aromatic carbocycles. The lowest BCUT2D eigenvalue weighted by Gasteiger charge is -2.36. The average molecular weight is 358 g/mol. The molecule has 0 atom stereocenters. The molecule has 2 heterocycles. The van der Waals surface area contributed by atoms with E-state index < -0.39 is 15.6 Å². The number of benzene rings is 1. The highest BCUT2D eigenvalue weighted by Crippen LogP contribution is 2.32. The third-order valence-electron chi connectivity index (χ3n) is 5.08. The van der Waals surface area contributed by atoms with E-state index in [9.17, 15) is 17.2 Å². The number of anilines is 1. The van der Waals surface area contributed by atoms with Crippen LogP contribution in [0.5, 0.6) is 0 Å². The molecule has 1 aromatic rings.